The van der Waals surface area contributed by atoms with Crippen LogP contribution in [0.2, 0.25) is 0 Å². The minimum absolute atomic E-state index is 0.202. The standard InChI is InChI=1S/C17H26N2O2/c1-18-14-6-8-15(9-7-14)19(2)17(20)12-13-4-10-16(21-3)11-5-13/h4-5,10-11,14-15,18H,6-9,12H2,1-3H3. The monoisotopic (exact) mass is 290 g/mol. The van der Waals surface area contributed by atoms with Gasteiger partial charge < -0.3 is 15.0 Å². The van der Waals surface area contributed by atoms with E-state index >= 15 is 0 Å². The Labute approximate surface area is 127 Å². The Morgan fingerprint density at radius 1 is 1.24 bits per heavy atom. The third kappa shape index (κ3) is 4.21. The fourth-order valence-electron chi connectivity index (χ4n) is 3.00. The van der Waals surface area contributed by atoms with Crippen LogP contribution < -0.4 is 10.1 Å². The van der Waals surface area contributed by atoms with Crippen molar-refractivity contribution >= 4 is 5.91 Å². The molecule has 0 heterocycles. The summed E-state index contributed by atoms with van der Waals surface area (Å²) in [5.74, 6) is 1.03. The number of carbonyl (C=O) groups is 1. The number of ether oxygens (including phenoxy) is 1. The van der Waals surface area contributed by atoms with Crippen molar-refractivity contribution < 1.29 is 9.53 Å². The van der Waals surface area contributed by atoms with Crippen LogP contribution in [0.25, 0.3) is 0 Å². The highest BCUT2D eigenvalue weighted by Gasteiger charge is 2.25. The van der Waals surface area contributed by atoms with E-state index in [0.29, 0.717) is 18.5 Å². The summed E-state index contributed by atoms with van der Waals surface area (Å²) in [6.45, 7) is 0. The topological polar surface area (TPSA) is 41.6 Å². The number of rotatable bonds is 5. The zero-order valence-corrected chi connectivity index (χ0v) is 13.3. The molecule has 1 aromatic rings. The van der Waals surface area contributed by atoms with Gasteiger partial charge >= 0.3 is 0 Å². The number of likely N-dealkylation sites (N-methyl/N-ethyl adjacent to an activating group) is 1. The first kappa shape index (κ1) is 15.8. The molecular weight excluding hydrogens is 264 g/mol. The van der Waals surface area contributed by atoms with Gasteiger partial charge in [-0.05, 0) is 50.4 Å². The minimum atomic E-state index is 0.202. The predicted molar refractivity (Wildman–Crippen MR) is 84.6 cm³/mol. The first-order valence-electron chi connectivity index (χ1n) is 7.70. The fraction of sp³-hybridized carbons (Fsp3) is 0.588. The molecule has 1 fully saturated rings. The second kappa shape index (κ2) is 7.46. The zero-order chi connectivity index (χ0) is 15.2. The summed E-state index contributed by atoms with van der Waals surface area (Å²) in [6, 6.07) is 8.73. The van der Waals surface area contributed by atoms with Crippen molar-refractivity contribution in [1.82, 2.24) is 10.2 Å². The van der Waals surface area contributed by atoms with Crippen molar-refractivity contribution in [2.45, 2.75) is 44.2 Å². The van der Waals surface area contributed by atoms with E-state index in [1.54, 1.807) is 7.11 Å². The molecule has 1 aromatic carbocycles. The van der Waals surface area contributed by atoms with Crippen LogP contribution in [0.5, 0.6) is 5.75 Å². The van der Waals surface area contributed by atoms with Gasteiger partial charge in [-0.1, -0.05) is 12.1 Å². The van der Waals surface area contributed by atoms with Crippen molar-refractivity contribution in [3.05, 3.63) is 29.8 Å². The molecule has 1 saturated carbocycles. The van der Waals surface area contributed by atoms with Gasteiger partial charge in [0.1, 0.15) is 5.75 Å². The first-order chi connectivity index (χ1) is 10.1. The van der Waals surface area contributed by atoms with Crippen LogP contribution in [-0.4, -0.2) is 44.1 Å². The van der Waals surface area contributed by atoms with E-state index in [-0.39, 0.29) is 5.91 Å². The summed E-state index contributed by atoms with van der Waals surface area (Å²) in [6.07, 6.45) is 4.96. The molecule has 0 spiro atoms. The molecule has 0 radical (unpaired) electrons. The summed E-state index contributed by atoms with van der Waals surface area (Å²) in [7, 11) is 5.61. The SMILES string of the molecule is CNC1CCC(N(C)C(=O)Cc2ccc(OC)cc2)CC1. The predicted octanol–water partition coefficient (Wildman–Crippen LogP) is 2.23. The third-order valence-corrected chi connectivity index (χ3v) is 4.56. The van der Waals surface area contributed by atoms with Crippen LogP contribution in [0, 0.1) is 0 Å². The van der Waals surface area contributed by atoms with E-state index < -0.39 is 0 Å². The van der Waals surface area contributed by atoms with Crippen molar-refractivity contribution in [2.24, 2.45) is 0 Å². The number of nitrogens with zero attached hydrogens (tertiary/aromatic N) is 1. The maximum atomic E-state index is 12.4. The fourth-order valence-corrected chi connectivity index (χ4v) is 3.00. The molecule has 1 N–H and O–H groups in total. The molecule has 21 heavy (non-hydrogen) atoms. The second-order valence-corrected chi connectivity index (χ2v) is 5.82. The van der Waals surface area contributed by atoms with Crippen LogP contribution in [0.15, 0.2) is 24.3 Å². The highest BCUT2D eigenvalue weighted by Crippen LogP contribution is 2.23. The van der Waals surface area contributed by atoms with Crippen LogP contribution in [0.4, 0.5) is 0 Å². The average molecular weight is 290 g/mol. The number of nitrogens with one attached hydrogen (secondary N) is 1. The highest BCUT2D eigenvalue weighted by molar-refractivity contribution is 5.78. The highest BCUT2D eigenvalue weighted by atomic mass is 16.5. The van der Waals surface area contributed by atoms with E-state index in [1.807, 2.05) is 43.3 Å². The smallest absolute Gasteiger partial charge is 0.226 e. The lowest BCUT2D eigenvalue weighted by Gasteiger charge is -2.34. The van der Waals surface area contributed by atoms with Gasteiger partial charge in [-0.15, -0.1) is 0 Å². The van der Waals surface area contributed by atoms with E-state index in [1.165, 1.54) is 0 Å². The number of amides is 1. The zero-order valence-electron chi connectivity index (χ0n) is 13.3. The number of benzene rings is 1. The maximum Gasteiger partial charge on any atom is 0.226 e. The van der Waals surface area contributed by atoms with Crippen LogP contribution in [-0.2, 0) is 11.2 Å². The van der Waals surface area contributed by atoms with Crippen LogP contribution in [0.1, 0.15) is 31.2 Å². The first-order valence-corrected chi connectivity index (χ1v) is 7.70. The Balaban J connectivity index is 1.87. The Morgan fingerprint density at radius 3 is 2.38 bits per heavy atom. The van der Waals surface area contributed by atoms with Gasteiger partial charge in [-0.3, -0.25) is 4.79 Å². The minimum Gasteiger partial charge on any atom is -0.497 e. The quantitative estimate of drug-likeness (QED) is 0.904. The summed E-state index contributed by atoms with van der Waals surface area (Å²) in [5, 5.41) is 3.33. The third-order valence-electron chi connectivity index (χ3n) is 4.56. The molecule has 4 heteroatoms. The van der Waals surface area contributed by atoms with E-state index in [0.717, 1.165) is 37.0 Å². The molecule has 1 aliphatic carbocycles. The molecule has 0 unspecified atom stereocenters. The molecule has 4 nitrogen and oxygen atoms in total. The van der Waals surface area contributed by atoms with Gasteiger partial charge in [0.2, 0.25) is 5.91 Å². The summed E-state index contributed by atoms with van der Waals surface area (Å²) >= 11 is 0. The van der Waals surface area contributed by atoms with Gasteiger partial charge in [-0.2, -0.15) is 0 Å². The van der Waals surface area contributed by atoms with E-state index in [9.17, 15) is 4.79 Å². The number of methoxy groups -OCH3 is 1. The average Bonchev–Trinajstić information content (AvgIpc) is 2.55. The van der Waals surface area contributed by atoms with E-state index in [2.05, 4.69) is 5.32 Å². The summed E-state index contributed by atoms with van der Waals surface area (Å²) in [5.41, 5.74) is 1.04. The second-order valence-electron chi connectivity index (χ2n) is 5.82. The molecule has 1 amide bonds. The van der Waals surface area contributed by atoms with Gasteiger partial charge in [0.05, 0.1) is 13.5 Å². The van der Waals surface area contributed by atoms with Crippen molar-refractivity contribution in [3.63, 3.8) is 0 Å². The Bertz CT molecular complexity index is 450. The molecule has 116 valence electrons. The van der Waals surface area contributed by atoms with Crippen LogP contribution >= 0.6 is 0 Å². The normalized spacial score (nSPS) is 21.9. The van der Waals surface area contributed by atoms with Crippen molar-refractivity contribution in [3.8, 4) is 5.75 Å². The van der Waals surface area contributed by atoms with Gasteiger partial charge in [0, 0.05) is 19.1 Å². The summed E-state index contributed by atoms with van der Waals surface area (Å²) < 4.78 is 5.14. The molecule has 0 atom stereocenters. The van der Waals surface area contributed by atoms with Crippen LogP contribution in [0.3, 0.4) is 0 Å². The van der Waals surface area contributed by atoms with Crippen molar-refractivity contribution in [1.29, 1.82) is 0 Å². The maximum absolute atomic E-state index is 12.4. The molecule has 1 aliphatic rings. The molecule has 2 rings (SSSR count). The van der Waals surface area contributed by atoms with Gasteiger partial charge in [-0.25, -0.2) is 0 Å². The largest absolute Gasteiger partial charge is 0.497 e. The molecule has 0 bridgehead atoms. The Morgan fingerprint density at radius 2 is 1.86 bits per heavy atom. The Hall–Kier alpha value is -1.55. The number of hydrogen-bond acceptors (Lipinski definition) is 3. The van der Waals surface area contributed by atoms with Crippen molar-refractivity contribution in [2.75, 3.05) is 21.2 Å². The van der Waals surface area contributed by atoms with Gasteiger partial charge in [0.25, 0.3) is 0 Å². The summed E-state index contributed by atoms with van der Waals surface area (Å²) in [4.78, 5) is 14.3. The lowest BCUT2D eigenvalue weighted by Crippen LogP contribution is -2.43. The lowest BCUT2D eigenvalue weighted by atomic mass is 9.90. The molecule has 0 aromatic heterocycles. The lowest BCUT2D eigenvalue weighted by molar-refractivity contribution is -0.131. The number of carbonyl (C=O) groups excluding carboxylic acids is 1. The van der Waals surface area contributed by atoms with E-state index in [4.69, 9.17) is 4.74 Å². The molecule has 0 saturated heterocycles. The van der Waals surface area contributed by atoms with Gasteiger partial charge in [0.15, 0.2) is 0 Å². The Kier molecular flexibility index (Phi) is 5.62. The number of hydrogen-bond donors (Lipinski definition) is 1. The molecule has 0 aliphatic heterocycles. The molecular formula is C17H26N2O2.